The van der Waals surface area contributed by atoms with Crippen molar-refractivity contribution in [3.63, 3.8) is 0 Å². The second kappa shape index (κ2) is 4.49. The minimum absolute atomic E-state index is 0.241. The number of carboxylic acids is 1. The van der Waals surface area contributed by atoms with Crippen molar-refractivity contribution in [3.8, 4) is 0 Å². The number of aliphatic carboxylic acids is 1. The van der Waals surface area contributed by atoms with E-state index in [0.717, 1.165) is 0 Å². The zero-order valence-corrected chi connectivity index (χ0v) is 10.8. The fourth-order valence-electron chi connectivity index (χ4n) is 2.18. The summed E-state index contributed by atoms with van der Waals surface area (Å²) in [6.45, 7) is 0. The molecule has 6 heteroatoms. The molecule has 0 spiro atoms. The summed E-state index contributed by atoms with van der Waals surface area (Å²) in [7, 11) is 3.31. The van der Waals surface area contributed by atoms with Gasteiger partial charge in [-0.05, 0) is 12.1 Å². The predicted molar refractivity (Wildman–Crippen MR) is 69.3 cm³/mol. The van der Waals surface area contributed by atoms with Crippen molar-refractivity contribution in [2.45, 2.75) is 12.5 Å². The van der Waals surface area contributed by atoms with Gasteiger partial charge < -0.3 is 14.9 Å². The highest BCUT2D eigenvalue weighted by Crippen LogP contribution is 2.40. The quantitative estimate of drug-likeness (QED) is 0.885. The zero-order valence-electron chi connectivity index (χ0n) is 10.1. The van der Waals surface area contributed by atoms with Gasteiger partial charge in [-0.25, -0.2) is 0 Å². The van der Waals surface area contributed by atoms with Gasteiger partial charge >= 0.3 is 5.97 Å². The topological polar surface area (TPSA) is 60.9 Å². The summed E-state index contributed by atoms with van der Waals surface area (Å²) in [6, 6.07) is 4.54. The van der Waals surface area contributed by atoms with E-state index in [-0.39, 0.29) is 12.3 Å². The fourth-order valence-corrected chi connectivity index (χ4v) is 2.48. The summed E-state index contributed by atoms with van der Waals surface area (Å²) >= 11 is 6.12. The average molecular weight is 269 g/mol. The number of carbonyl (C=O) groups is 2. The molecule has 96 valence electrons. The van der Waals surface area contributed by atoms with E-state index in [9.17, 15) is 9.59 Å². The summed E-state index contributed by atoms with van der Waals surface area (Å²) < 4.78 is 0. The van der Waals surface area contributed by atoms with Crippen LogP contribution in [0.2, 0.25) is 5.02 Å². The normalized spacial score (nSPS) is 18.8. The van der Waals surface area contributed by atoms with Crippen LogP contribution in [0.15, 0.2) is 18.2 Å². The van der Waals surface area contributed by atoms with E-state index in [1.54, 1.807) is 37.2 Å². The molecule has 1 aromatic rings. The molecule has 18 heavy (non-hydrogen) atoms. The first-order valence-electron chi connectivity index (χ1n) is 5.44. The van der Waals surface area contributed by atoms with Gasteiger partial charge in [-0.2, -0.15) is 0 Å². The lowest BCUT2D eigenvalue weighted by molar-refractivity contribution is -0.139. The molecule has 0 radical (unpaired) electrons. The molecule has 1 aliphatic rings. The number of hydrogen-bond acceptors (Lipinski definition) is 3. The van der Waals surface area contributed by atoms with Gasteiger partial charge in [0.1, 0.15) is 6.04 Å². The Labute approximate surface area is 110 Å². The molecular weight excluding hydrogens is 256 g/mol. The third kappa shape index (κ3) is 1.90. The lowest BCUT2D eigenvalue weighted by Crippen LogP contribution is -2.51. The highest BCUT2D eigenvalue weighted by Gasteiger charge is 2.36. The molecule has 0 aromatic heterocycles. The van der Waals surface area contributed by atoms with Gasteiger partial charge in [0.25, 0.3) is 0 Å². The summed E-state index contributed by atoms with van der Waals surface area (Å²) in [5, 5.41) is 9.38. The van der Waals surface area contributed by atoms with Crippen LogP contribution in [0, 0.1) is 0 Å². The fraction of sp³-hybridized carbons (Fsp3) is 0.333. The van der Waals surface area contributed by atoms with Crippen LogP contribution in [-0.4, -0.2) is 37.1 Å². The Kier molecular flexibility index (Phi) is 3.17. The molecule has 1 N–H and O–H groups in total. The Balaban J connectivity index is 2.51. The molecule has 0 saturated heterocycles. The van der Waals surface area contributed by atoms with Crippen LogP contribution in [-0.2, 0) is 9.59 Å². The largest absolute Gasteiger partial charge is 0.481 e. The highest BCUT2D eigenvalue weighted by atomic mass is 35.5. The first-order chi connectivity index (χ1) is 8.43. The van der Waals surface area contributed by atoms with E-state index in [1.807, 2.05) is 0 Å². The maximum absolute atomic E-state index is 12.1. The van der Waals surface area contributed by atoms with Crippen molar-refractivity contribution in [3.05, 3.63) is 23.2 Å². The zero-order chi connectivity index (χ0) is 13.4. The molecule has 0 saturated carbocycles. The third-order valence-corrected chi connectivity index (χ3v) is 3.44. The number of benzene rings is 1. The number of carbonyl (C=O) groups excluding carboxylic acids is 1. The maximum atomic E-state index is 12.1. The lowest BCUT2D eigenvalue weighted by atomic mass is 10.0. The Morgan fingerprint density at radius 2 is 2.11 bits per heavy atom. The van der Waals surface area contributed by atoms with Crippen LogP contribution < -0.4 is 9.80 Å². The van der Waals surface area contributed by atoms with Crippen molar-refractivity contribution >= 4 is 34.9 Å². The highest BCUT2D eigenvalue weighted by molar-refractivity contribution is 6.34. The van der Waals surface area contributed by atoms with Gasteiger partial charge in [-0.1, -0.05) is 17.7 Å². The van der Waals surface area contributed by atoms with Gasteiger partial charge in [0, 0.05) is 14.1 Å². The van der Waals surface area contributed by atoms with E-state index >= 15 is 0 Å². The second-order valence-corrected chi connectivity index (χ2v) is 4.64. The molecule has 0 fully saturated rings. The summed E-state index contributed by atoms with van der Waals surface area (Å²) in [5.74, 6) is -1.25. The van der Waals surface area contributed by atoms with Crippen molar-refractivity contribution in [2.75, 3.05) is 23.9 Å². The number of para-hydroxylation sites is 1. The smallest absolute Gasteiger partial charge is 0.305 e. The summed E-state index contributed by atoms with van der Waals surface area (Å²) in [5.41, 5.74) is 1.38. The number of amides is 1. The van der Waals surface area contributed by atoms with Gasteiger partial charge in [0.15, 0.2) is 0 Å². The minimum Gasteiger partial charge on any atom is -0.481 e. The minimum atomic E-state index is -1.01. The van der Waals surface area contributed by atoms with Crippen LogP contribution in [0.5, 0.6) is 0 Å². The van der Waals surface area contributed by atoms with E-state index in [0.29, 0.717) is 16.4 Å². The van der Waals surface area contributed by atoms with E-state index in [4.69, 9.17) is 16.7 Å². The molecule has 1 amide bonds. The molecule has 1 atom stereocenters. The molecule has 1 heterocycles. The van der Waals surface area contributed by atoms with E-state index in [1.165, 1.54) is 4.90 Å². The number of fused-ring (bicyclic) bond motifs is 1. The molecule has 1 unspecified atom stereocenters. The number of rotatable bonds is 2. The maximum Gasteiger partial charge on any atom is 0.305 e. The monoisotopic (exact) mass is 268 g/mol. The predicted octanol–water partition coefficient (Wildman–Crippen LogP) is 1.60. The van der Waals surface area contributed by atoms with Gasteiger partial charge in [0.2, 0.25) is 5.91 Å². The molecule has 1 aliphatic heterocycles. The SMILES string of the molecule is CN1C(=O)C(CC(=O)O)N(C)c2c(Cl)cccc21. The first-order valence-corrected chi connectivity index (χ1v) is 5.82. The molecule has 5 nitrogen and oxygen atoms in total. The summed E-state index contributed by atoms with van der Waals surface area (Å²) in [4.78, 5) is 26.0. The lowest BCUT2D eigenvalue weighted by Gasteiger charge is -2.39. The number of hydrogen-bond donors (Lipinski definition) is 1. The Bertz CT molecular complexity index is 518. The second-order valence-electron chi connectivity index (χ2n) is 4.23. The molecule has 2 rings (SSSR count). The summed E-state index contributed by atoms with van der Waals surface area (Å²) in [6.07, 6.45) is -0.246. The van der Waals surface area contributed by atoms with Crippen LogP contribution in [0.25, 0.3) is 0 Å². The number of nitrogens with zero attached hydrogens (tertiary/aromatic N) is 2. The van der Waals surface area contributed by atoms with Crippen molar-refractivity contribution in [2.24, 2.45) is 0 Å². The van der Waals surface area contributed by atoms with Crippen LogP contribution in [0.3, 0.4) is 0 Å². The number of halogens is 1. The Morgan fingerprint density at radius 3 is 2.72 bits per heavy atom. The van der Waals surface area contributed by atoms with Crippen LogP contribution in [0.4, 0.5) is 11.4 Å². The average Bonchev–Trinajstić information content (AvgIpc) is 2.31. The molecule has 0 aliphatic carbocycles. The van der Waals surface area contributed by atoms with Gasteiger partial charge in [-0.15, -0.1) is 0 Å². The third-order valence-electron chi connectivity index (χ3n) is 3.13. The number of anilines is 2. The molecule has 1 aromatic carbocycles. The molecule has 0 bridgehead atoms. The Hall–Kier alpha value is -1.75. The number of carboxylic acid groups (broad SMARTS) is 1. The first kappa shape index (κ1) is 12.7. The number of likely N-dealkylation sites (N-methyl/N-ethyl adjacent to an activating group) is 2. The van der Waals surface area contributed by atoms with Crippen molar-refractivity contribution in [1.29, 1.82) is 0 Å². The molecular formula is C12H13ClN2O3. The van der Waals surface area contributed by atoms with Crippen LogP contribution in [0.1, 0.15) is 6.42 Å². The van der Waals surface area contributed by atoms with E-state index < -0.39 is 12.0 Å². The van der Waals surface area contributed by atoms with E-state index in [2.05, 4.69) is 0 Å². The van der Waals surface area contributed by atoms with Crippen LogP contribution >= 0.6 is 11.6 Å². The van der Waals surface area contributed by atoms with Gasteiger partial charge in [0.05, 0.1) is 22.8 Å². The van der Waals surface area contributed by atoms with Gasteiger partial charge in [-0.3, -0.25) is 9.59 Å². The standard InChI is InChI=1S/C12H13ClN2O3/c1-14-9(6-10(16)17)12(18)15(2)8-5-3-4-7(13)11(8)14/h3-5,9H,6H2,1-2H3,(H,16,17). The van der Waals surface area contributed by atoms with Crippen molar-refractivity contribution < 1.29 is 14.7 Å². The Morgan fingerprint density at radius 1 is 1.44 bits per heavy atom. The van der Waals surface area contributed by atoms with Crippen molar-refractivity contribution in [1.82, 2.24) is 0 Å².